The molecule has 0 spiro atoms. The van der Waals surface area contributed by atoms with Crippen LogP contribution in [0.2, 0.25) is 0 Å². The van der Waals surface area contributed by atoms with Crippen LogP contribution < -0.4 is 0 Å². The highest BCUT2D eigenvalue weighted by atomic mass is 32.1. The van der Waals surface area contributed by atoms with Crippen LogP contribution in [0.15, 0.2) is 17.5 Å². The van der Waals surface area contributed by atoms with Gasteiger partial charge in [-0.05, 0) is 50.7 Å². The number of hydrogen-bond donors (Lipinski definition) is 1. The molecule has 0 bridgehead atoms. The Morgan fingerprint density at radius 3 is 2.67 bits per heavy atom. The lowest BCUT2D eigenvalue weighted by molar-refractivity contribution is -0.152. The molecule has 2 rings (SSSR count). The number of aliphatic carboxylic acids is 1. The Morgan fingerprint density at radius 1 is 1.56 bits per heavy atom. The van der Waals surface area contributed by atoms with Gasteiger partial charge in [-0.3, -0.25) is 9.69 Å². The van der Waals surface area contributed by atoms with Crippen LogP contribution in [0, 0.1) is 5.41 Å². The fourth-order valence-corrected chi connectivity index (χ4v) is 3.58. The number of nitrogens with zero attached hydrogens (tertiary/aromatic N) is 1. The van der Waals surface area contributed by atoms with Crippen molar-refractivity contribution in [2.75, 3.05) is 13.1 Å². The van der Waals surface area contributed by atoms with Gasteiger partial charge in [-0.1, -0.05) is 13.0 Å². The molecule has 0 saturated carbocycles. The summed E-state index contributed by atoms with van der Waals surface area (Å²) in [6.45, 7) is 5.98. The molecule has 1 aromatic heterocycles. The molecule has 1 aromatic rings. The summed E-state index contributed by atoms with van der Waals surface area (Å²) in [4.78, 5) is 15.2. The van der Waals surface area contributed by atoms with E-state index in [-0.39, 0.29) is 0 Å². The molecule has 1 fully saturated rings. The lowest BCUT2D eigenvalue weighted by Gasteiger charge is -2.40. The Morgan fingerprint density at radius 2 is 2.22 bits per heavy atom. The summed E-state index contributed by atoms with van der Waals surface area (Å²) in [5.74, 6) is -0.617. The van der Waals surface area contributed by atoms with Crippen LogP contribution in [-0.4, -0.2) is 29.1 Å². The summed E-state index contributed by atoms with van der Waals surface area (Å²) in [6, 6.07) is 4.65. The summed E-state index contributed by atoms with van der Waals surface area (Å²) < 4.78 is 0. The first-order valence-electron chi connectivity index (χ1n) is 6.60. The number of rotatable bonds is 4. The maximum atomic E-state index is 11.4. The van der Waals surface area contributed by atoms with Crippen molar-refractivity contribution < 1.29 is 9.90 Å². The smallest absolute Gasteiger partial charge is 0.309 e. The predicted molar refractivity (Wildman–Crippen MR) is 73.9 cm³/mol. The predicted octanol–water partition coefficient (Wildman–Crippen LogP) is 3.39. The zero-order valence-electron chi connectivity index (χ0n) is 11.1. The zero-order chi connectivity index (χ0) is 13.2. The summed E-state index contributed by atoms with van der Waals surface area (Å²) in [5.41, 5.74) is -0.480. The largest absolute Gasteiger partial charge is 0.481 e. The van der Waals surface area contributed by atoms with Gasteiger partial charge < -0.3 is 5.11 Å². The van der Waals surface area contributed by atoms with Crippen LogP contribution in [-0.2, 0) is 4.79 Å². The van der Waals surface area contributed by atoms with Crippen molar-refractivity contribution in [2.24, 2.45) is 5.41 Å². The van der Waals surface area contributed by atoms with Gasteiger partial charge >= 0.3 is 5.97 Å². The van der Waals surface area contributed by atoms with Crippen molar-refractivity contribution >= 4 is 17.3 Å². The summed E-state index contributed by atoms with van der Waals surface area (Å²) in [6.07, 6.45) is 2.28. The van der Waals surface area contributed by atoms with E-state index in [0.717, 1.165) is 32.4 Å². The fraction of sp³-hybridized carbons (Fsp3) is 0.643. The first kappa shape index (κ1) is 13.6. The second-order valence-electron chi connectivity index (χ2n) is 5.17. The average molecular weight is 267 g/mol. The van der Waals surface area contributed by atoms with Gasteiger partial charge in [0.25, 0.3) is 0 Å². The minimum absolute atomic E-state index is 0.411. The third-order valence-electron chi connectivity index (χ3n) is 4.39. The summed E-state index contributed by atoms with van der Waals surface area (Å²) >= 11 is 1.78. The van der Waals surface area contributed by atoms with Crippen molar-refractivity contribution in [2.45, 2.75) is 39.2 Å². The summed E-state index contributed by atoms with van der Waals surface area (Å²) in [7, 11) is 0. The zero-order valence-corrected chi connectivity index (χ0v) is 11.9. The second-order valence-corrected chi connectivity index (χ2v) is 6.15. The fourth-order valence-electron chi connectivity index (χ4n) is 2.77. The number of piperidine rings is 1. The standard InChI is InChI=1S/C14H21NO2S/c1-3-14(13(16)17)6-8-15(9-7-14)11(2)12-5-4-10-18-12/h4-5,10-11H,3,6-9H2,1-2H3,(H,16,17). The number of thiophene rings is 1. The molecule has 0 aliphatic carbocycles. The molecule has 1 aliphatic heterocycles. The molecule has 0 amide bonds. The Labute approximate surface area is 112 Å². The lowest BCUT2D eigenvalue weighted by atomic mass is 9.76. The van der Waals surface area contributed by atoms with Gasteiger partial charge in [-0.15, -0.1) is 11.3 Å². The Hall–Kier alpha value is -0.870. The molecular formula is C14H21NO2S. The first-order valence-corrected chi connectivity index (χ1v) is 7.48. The van der Waals surface area contributed by atoms with Crippen LogP contribution >= 0.6 is 11.3 Å². The molecule has 18 heavy (non-hydrogen) atoms. The van der Waals surface area contributed by atoms with E-state index >= 15 is 0 Å². The Bertz CT molecular complexity index is 394. The van der Waals surface area contributed by atoms with Crippen molar-refractivity contribution in [3.63, 3.8) is 0 Å². The maximum absolute atomic E-state index is 11.4. The molecule has 1 unspecified atom stereocenters. The number of likely N-dealkylation sites (tertiary alicyclic amines) is 1. The van der Waals surface area contributed by atoms with Crippen molar-refractivity contribution in [1.29, 1.82) is 0 Å². The molecule has 1 aliphatic rings. The van der Waals surface area contributed by atoms with E-state index in [4.69, 9.17) is 0 Å². The lowest BCUT2D eigenvalue weighted by Crippen LogP contribution is -2.44. The van der Waals surface area contributed by atoms with E-state index < -0.39 is 11.4 Å². The minimum atomic E-state index is -0.617. The molecule has 1 saturated heterocycles. The number of carbonyl (C=O) groups is 1. The van der Waals surface area contributed by atoms with Gasteiger partial charge in [0.15, 0.2) is 0 Å². The average Bonchev–Trinajstić information content (AvgIpc) is 2.91. The highest BCUT2D eigenvalue weighted by Gasteiger charge is 2.40. The van der Waals surface area contributed by atoms with E-state index in [0.29, 0.717) is 6.04 Å². The molecule has 3 nitrogen and oxygen atoms in total. The monoisotopic (exact) mass is 267 g/mol. The molecule has 1 N–H and O–H groups in total. The van der Waals surface area contributed by atoms with Crippen LogP contribution in [0.1, 0.15) is 44.0 Å². The van der Waals surface area contributed by atoms with Crippen molar-refractivity contribution in [3.05, 3.63) is 22.4 Å². The molecule has 100 valence electrons. The van der Waals surface area contributed by atoms with Crippen LogP contribution in [0.3, 0.4) is 0 Å². The minimum Gasteiger partial charge on any atom is -0.481 e. The van der Waals surface area contributed by atoms with Crippen molar-refractivity contribution in [3.8, 4) is 0 Å². The van der Waals surface area contributed by atoms with Crippen LogP contribution in [0.5, 0.6) is 0 Å². The number of hydrogen-bond acceptors (Lipinski definition) is 3. The van der Waals surface area contributed by atoms with Crippen LogP contribution in [0.4, 0.5) is 0 Å². The molecule has 2 heterocycles. The summed E-state index contributed by atoms with van der Waals surface area (Å²) in [5, 5.41) is 11.5. The third-order valence-corrected chi connectivity index (χ3v) is 5.43. The first-order chi connectivity index (χ1) is 8.59. The number of carboxylic acids is 1. The third kappa shape index (κ3) is 2.45. The number of carboxylic acid groups (broad SMARTS) is 1. The SMILES string of the molecule is CCC1(C(=O)O)CCN(C(C)c2cccs2)CC1. The second kappa shape index (κ2) is 5.41. The van der Waals surface area contributed by atoms with Crippen molar-refractivity contribution in [1.82, 2.24) is 4.90 Å². The topological polar surface area (TPSA) is 40.5 Å². The van der Waals surface area contributed by atoms with E-state index in [9.17, 15) is 9.90 Å². The molecular weight excluding hydrogens is 246 g/mol. The van der Waals surface area contributed by atoms with Gasteiger partial charge in [0.05, 0.1) is 5.41 Å². The molecule has 0 radical (unpaired) electrons. The van der Waals surface area contributed by atoms with Gasteiger partial charge in [0.2, 0.25) is 0 Å². The Kier molecular flexibility index (Phi) is 4.07. The van der Waals surface area contributed by atoms with Gasteiger partial charge in [-0.25, -0.2) is 0 Å². The molecule has 4 heteroatoms. The van der Waals surface area contributed by atoms with E-state index in [1.54, 1.807) is 11.3 Å². The highest BCUT2D eigenvalue weighted by molar-refractivity contribution is 7.10. The van der Waals surface area contributed by atoms with Crippen LogP contribution in [0.25, 0.3) is 0 Å². The van der Waals surface area contributed by atoms with E-state index in [2.05, 4.69) is 29.3 Å². The van der Waals surface area contributed by atoms with Gasteiger partial charge in [-0.2, -0.15) is 0 Å². The van der Waals surface area contributed by atoms with E-state index in [1.807, 2.05) is 6.92 Å². The molecule has 1 atom stereocenters. The molecule has 0 aromatic carbocycles. The van der Waals surface area contributed by atoms with E-state index in [1.165, 1.54) is 4.88 Å². The maximum Gasteiger partial charge on any atom is 0.309 e. The van der Waals surface area contributed by atoms with Gasteiger partial charge in [0, 0.05) is 10.9 Å². The highest BCUT2D eigenvalue weighted by Crippen LogP contribution is 2.38. The van der Waals surface area contributed by atoms with Gasteiger partial charge in [0.1, 0.15) is 0 Å². The Balaban J connectivity index is 2.00. The quantitative estimate of drug-likeness (QED) is 0.909. The normalized spacial score (nSPS) is 21.7.